The summed E-state index contributed by atoms with van der Waals surface area (Å²) in [6, 6.07) is 0.848. The standard InChI is InChI=1S/C12H8F3NO4/c1-5(11(19)20)16-8-3-2-6(12(13,14)15)4-7(8)9(17)10(16)18/h2-5H,1H3,(H,19,20). The van der Waals surface area contributed by atoms with Crippen molar-refractivity contribution in [3.8, 4) is 0 Å². The van der Waals surface area contributed by atoms with Gasteiger partial charge in [-0.05, 0) is 25.1 Å². The van der Waals surface area contributed by atoms with E-state index in [1.165, 1.54) is 6.92 Å². The highest BCUT2D eigenvalue weighted by Gasteiger charge is 2.42. The fourth-order valence-electron chi connectivity index (χ4n) is 1.93. The Bertz CT molecular complexity index is 624. The molecule has 0 fully saturated rings. The predicted octanol–water partition coefficient (Wildman–Crippen LogP) is 1.71. The second kappa shape index (κ2) is 4.32. The van der Waals surface area contributed by atoms with Gasteiger partial charge in [-0.2, -0.15) is 13.2 Å². The number of amides is 1. The minimum atomic E-state index is -4.65. The SMILES string of the molecule is CC(C(=O)O)N1C(=O)C(=O)c2cc(C(F)(F)F)ccc21. The zero-order valence-electron chi connectivity index (χ0n) is 10.1. The molecule has 5 nitrogen and oxygen atoms in total. The van der Waals surface area contributed by atoms with E-state index in [0.717, 1.165) is 6.07 Å². The lowest BCUT2D eigenvalue weighted by atomic mass is 10.1. The first-order valence-electron chi connectivity index (χ1n) is 5.46. The number of nitrogens with zero attached hydrogens (tertiary/aromatic N) is 1. The van der Waals surface area contributed by atoms with Crippen molar-refractivity contribution in [2.24, 2.45) is 0 Å². The summed E-state index contributed by atoms with van der Waals surface area (Å²) in [6.07, 6.45) is -4.65. The van der Waals surface area contributed by atoms with Gasteiger partial charge in [-0.1, -0.05) is 0 Å². The predicted molar refractivity (Wildman–Crippen MR) is 60.4 cm³/mol. The normalized spacial score (nSPS) is 16.3. The largest absolute Gasteiger partial charge is 0.480 e. The summed E-state index contributed by atoms with van der Waals surface area (Å²) in [5, 5.41) is 8.87. The first kappa shape index (κ1) is 14.0. The lowest BCUT2D eigenvalue weighted by Gasteiger charge is -2.21. The van der Waals surface area contributed by atoms with E-state index in [1.807, 2.05) is 0 Å². The van der Waals surface area contributed by atoms with Crippen LogP contribution in [0.5, 0.6) is 0 Å². The minimum absolute atomic E-state index is 0.122. The quantitative estimate of drug-likeness (QED) is 0.840. The number of halogens is 3. The molecule has 2 rings (SSSR count). The third-order valence-corrected chi connectivity index (χ3v) is 2.99. The molecule has 20 heavy (non-hydrogen) atoms. The Morgan fingerprint density at radius 3 is 2.40 bits per heavy atom. The molecule has 8 heteroatoms. The smallest absolute Gasteiger partial charge is 0.416 e. The van der Waals surface area contributed by atoms with Crippen molar-refractivity contribution in [3.63, 3.8) is 0 Å². The van der Waals surface area contributed by atoms with E-state index in [-0.39, 0.29) is 5.69 Å². The van der Waals surface area contributed by atoms with Gasteiger partial charge in [0.2, 0.25) is 0 Å². The van der Waals surface area contributed by atoms with Gasteiger partial charge in [0, 0.05) is 0 Å². The molecule has 1 aromatic carbocycles. The summed E-state index contributed by atoms with van der Waals surface area (Å²) >= 11 is 0. The number of carbonyl (C=O) groups is 3. The van der Waals surface area contributed by atoms with E-state index in [4.69, 9.17) is 5.11 Å². The maximum atomic E-state index is 12.6. The monoisotopic (exact) mass is 287 g/mol. The van der Waals surface area contributed by atoms with Crippen LogP contribution in [0.4, 0.5) is 18.9 Å². The minimum Gasteiger partial charge on any atom is -0.480 e. The van der Waals surface area contributed by atoms with Gasteiger partial charge in [0.25, 0.3) is 11.7 Å². The Labute approximate surface area is 110 Å². The van der Waals surface area contributed by atoms with Gasteiger partial charge < -0.3 is 5.11 Å². The van der Waals surface area contributed by atoms with Crippen molar-refractivity contribution in [1.29, 1.82) is 0 Å². The number of anilines is 1. The van der Waals surface area contributed by atoms with Crippen LogP contribution >= 0.6 is 0 Å². The number of hydrogen-bond acceptors (Lipinski definition) is 3. The highest BCUT2D eigenvalue weighted by molar-refractivity contribution is 6.52. The topological polar surface area (TPSA) is 74.7 Å². The first-order valence-corrected chi connectivity index (χ1v) is 5.46. The van der Waals surface area contributed by atoms with E-state index in [9.17, 15) is 27.6 Å². The van der Waals surface area contributed by atoms with E-state index in [1.54, 1.807) is 0 Å². The molecule has 1 amide bonds. The van der Waals surface area contributed by atoms with Gasteiger partial charge in [0.1, 0.15) is 6.04 Å². The lowest BCUT2D eigenvalue weighted by molar-refractivity contribution is -0.139. The highest BCUT2D eigenvalue weighted by atomic mass is 19.4. The van der Waals surface area contributed by atoms with Crippen molar-refractivity contribution in [3.05, 3.63) is 29.3 Å². The number of carboxylic acid groups (broad SMARTS) is 1. The lowest BCUT2D eigenvalue weighted by Crippen LogP contribution is -2.42. The molecule has 1 atom stereocenters. The van der Waals surface area contributed by atoms with E-state index in [2.05, 4.69) is 0 Å². The number of alkyl halides is 3. The molecule has 1 unspecified atom stereocenters. The van der Waals surface area contributed by atoms with Gasteiger partial charge in [-0.15, -0.1) is 0 Å². The van der Waals surface area contributed by atoms with Crippen LogP contribution in [0.1, 0.15) is 22.8 Å². The van der Waals surface area contributed by atoms with Crippen LogP contribution < -0.4 is 4.90 Å². The summed E-state index contributed by atoms with van der Waals surface area (Å²) in [5.41, 5.74) is -1.62. The molecule has 0 bridgehead atoms. The molecule has 1 aromatic rings. The fourth-order valence-corrected chi connectivity index (χ4v) is 1.93. The summed E-state index contributed by atoms with van der Waals surface area (Å²) in [6.45, 7) is 1.17. The Balaban J connectivity index is 2.56. The Hall–Kier alpha value is -2.38. The molecule has 1 aliphatic rings. The fraction of sp³-hybridized carbons (Fsp3) is 0.250. The maximum Gasteiger partial charge on any atom is 0.416 e. The van der Waals surface area contributed by atoms with Crippen molar-refractivity contribution >= 4 is 23.3 Å². The maximum absolute atomic E-state index is 12.6. The van der Waals surface area contributed by atoms with Crippen LogP contribution in [-0.2, 0) is 15.8 Å². The molecule has 0 saturated carbocycles. The molecule has 0 saturated heterocycles. The number of Topliss-reactive ketones (excluding diaryl/α,β-unsaturated/α-hetero) is 1. The number of ketones is 1. The highest BCUT2D eigenvalue weighted by Crippen LogP contribution is 2.36. The molecule has 0 aliphatic carbocycles. The molecule has 1 N–H and O–H groups in total. The summed E-state index contributed by atoms with van der Waals surface area (Å²) < 4.78 is 37.7. The number of carbonyl (C=O) groups excluding carboxylic acids is 2. The molecule has 0 spiro atoms. The molecule has 1 heterocycles. The van der Waals surface area contributed by atoms with Crippen molar-refractivity contribution < 1.29 is 32.7 Å². The van der Waals surface area contributed by atoms with E-state index >= 15 is 0 Å². The second-order valence-electron chi connectivity index (χ2n) is 4.25. The van der Waals surface area contributed by atoms with Crippen LogP contribution in [0.2, 0.25) is 0 Å². The molecule has 0 radical (unpaired) electrons. The molecule has 0 aromatic heterocycles. The zero-order valence-corrected chi connectivity index (χ0v) is 10.1. The van der Waals surface area contributed by atoms with Crippen LogP contribution in [0.3, 0.4) is 0 Å². The molecular weight excluding hydrogens is 279 g/mol. The van der Waals surface area contributed by atoms with Crippen molar-refractivity contribution in [1.82, 2.24) is 0 Å². The Kier molecular flexibility index (Phi) is 3.04. The molecular formula is C12H8F3NO4. The number of carboxylic acids is 1. The van der Waals surface area contributed by atoms with Crippen molar-refractivity contribution in [2.45, 2.75) is 19.1 Å². The molecule has 1 aliphatic heterocycles. The average molecular weight is 287 g/mol. The second-order valence-corrected chi connectivity index (χ2v) is 4.25. The van der Waals surface area contributed by atoms with Crippen LogP contribution in [-0.4, -0.2) is 28.8 Å². The van der Waals surface area contributed by atoms with Gasteiger partial charge in [0.05, 0.1) is 16.8 Å². The number of fused-ring (bicyclic) bond motifs is 1. The summed E-state index contributed by atoms with van der Waals surface area (Å²) in [5.74, 6) is -3.65. The average Bonchev–Trinajstić information content (AvgIpc) is 2.60. The number of benzene rings is 1. The van der Waals surface area contributed by atoms with Crippen molar-refractivity contribution in [2.75, 3.05) is 4.90 Å². The van der Waals surface area contributed by atoms with Gasteiger partial charge in [0.15, 0.2) is 0 Å². The number of rotatable bonds is 2. The third kappa shape index (κ3) is 2.02. The van der Waals surface area contributed by atoms with Crippen LogP contribution in [0.15, 0.2) is 18.2 Å². The van der Waals surface area contributed by atoms with E-state index < -0.39 is 41.0 Å². The zero-order chi connectivity index (χ0) is 15.2. The van der Waals surface area contributed by atoms with E-state index in [0.29, 0.717) is 17.0 Å². The molecule has 106 valence electrons. The third-order valence-electron chi connectivity index (χ3n) is 2.99. The summed E-state index contributed by atoms with van der Waals surface area (Å²) in [4.78, 5) is 34.9. The van der Waals surface area contributed by atoms with Gasteiger partial charge in [-0.3, -0.25) is 14.5 Å². The Morgan fingerprint density at radius 2 is 1.90 bits per heavy atom. The first-order chi connectivity index (χ1) is 9.14. The van der Waals surface area contributed by atoms with Gasteiger partial charge in [-0.25, -0.2) is 4.79 Å². The van der Waals surface area contributed by atoms with Crippen LogP contribution in [0.25, 0.3) is 0 Å². The summed E-state index contributed by atoms with van der Waals surface area (Å²) in [7, 11) is 0. The Morgan fingerprint density at radius 1 is 1.30 bits per heavy atom. The van der Waals surface area contributed by atoms with Crippen LogP contribution in [0, 0.1) is 0 Å². The number of aliphatic carboxylic acids is 1. The van der Waals surface area contributed by atoms with Gasteiger partial charge >= 0.3 is 12.1 Å². The number of hydrogen-bond donors (Lipinski definition) is 1.